The Bertz CT molecular complexity index is 650. The topological polar surface area (TPSA) is 119 Å². The van der Waals surface area contributed by atoms with E-state index in [2.05, 4.69) is 15.0 Å². The highest BCUT2D eigenvalue weighted by Gasteiger charge is 2.53. The Morgan fingerprint density at radius 1 is 1.50 bits per heavy atom. The van der Waals surface area contributed by atoms with Gasteiger partial charge in [-0.2, -0.15) is 0 Å². The van der Waals surface area contributed by atoms with Crippen molar-refractivity contribution in [1.82, 2.24) is 19.5 Å². The van der Waals surface area contributed by atoms with Crippen LogP contribution in [0.5, 0.6) is 0 Å². The van der Waals surface area contributed by atoms with E-state index in [0.717, 1.165) is 0 Å². The molecule has 0 amide bonds. The number of ether oxygens (including phenoxy) is 1. The van der Waals surface area contributed by atoms with E-state index in [0.29, 0.717) is 11.2 Å². The molecule has 20 heavy (non-hydrogen) atoms. The van der Waals surface area contributed by atoms with Gasteiger partial charge in [0.1, 0.15) is 23.5 Å². The molecule has 2 aromatic rings. The lowest BCUT2D eigenvalue weighted by atomic mass is 9.99. The molecule has 1 fully saturated rings. The normalized spacial score (nSPS) is 33.9. The highest BCUT2D eigenvalue weighted by Crippen LogP contribution is 2.39. The van der Waals surface area contributed by atoms with E-state index in [9.17, 15) is 14.6 Å². The number of alkyl halides is 1. The quantitative estimate of drug-likeness (QED) is 0.672. The monoisotopic (exact) mass is 283 g/mol. The van der Waals surface area contributed by atoms with Crippen LogP contribution in [0.25, 0.3) is 11.2 Å². The molecule has 4 N–H and O–H groups in total. The second-order valence-corrected chi connectivity index (χ2v) is 4.95. The molecule has 9 heteroatoms. The van der Waals surface area contributed by atoms with Crippen LogP contribution in [0.3, 0.4) is 0 Å². The number of nitrogen functional groups attached to an aromatic ring is 1. The third kappa shape index (κ3) is 1.67. The Balaban J connectivity index is 2.06. The summed E-state index contributed by atoms with van der Waals surface area (Å²) >= 11 is 0. The number of fused-ring (bicyclic) bond motifs is 1. The summed E-state index contributed by atoms with van der Waals surface area (Å²) in [7, 11) is 0. The van der Waals surface area contributed by atoms with Gasteiger partial charge in [0.05, 0.1) is 12.9 Å². The summed E-state index contributed by atoms with van der Waals surface area (Å²) in [6.07, 6.45) is -1.75. The second-order valence-electron chi connectivity index (χ2n) is 4.95. The summed E-state index contributed by atoms with van der Waals surface area (Å²) < 4.78 is 21.0. The number of imidazole rings is 1. The molecule has 0 aliphatic carbocycles. The zero-order valence-electron chi connectivity index (χ0n) is 10.6. The van der Waals surface area contributed by atoms with Gasteiger partial charge in [0.2, 0.25) is 0 Å². The number of aliphatic hydroxyl groups excluding tert-OH is 2. The first-order chi connectivity index (χ1) is 9.48. The first kappa shape index (κ1) is 13.2. The number of aromatic nitrogens is 4. The predicted octanol–water partition coefficient (Wildman–Crippen LogP) is -0.613. The van der Waals surface area contributed by atoms with Crippen LogP contribution in [-0.4, -0.2) is 54.2 Å². The molecule has 0 saturated carbocycles. The van der Waals surface area contributed by atoms with E-state index in [1.807, 2.05) is 0 Å². The smallest absolute Gasteiger partial charge is 0.174 e. The lowest BCUT2D eigenvalue weighted by molar-refractivity contribution is -0.115. The van der Waals surface area contributed by atoms with Gasteiger partial charge < -0.3 is 20.7 Å². The highest BCUT2D eigenvalue weighted by atomic mass is 19.1. The number of nitrogens with two attached hydrogens (primary N) is 1. The van der Waals surface area contributed by atoms with Crippen LogP contribution in [0, 0.1) is 0 Å². The number of rotatable bonds is 2. The van der Waals surface area contributed by atoms with Crippen molar-refractivity contribution in [1.29, 1.82) is 0 Å². The molecule has 2 aromatic heterocycles. The molecule has 3 rings (SSSR count). The van der Waals surface area contributed by atoms with Gasteiger partial charge in [-0.15, -0.1) is 0 Å². The van der Waals surface area contributed by atoms with Crippen molar-refractivity contribution >= 4 is 17.0 Å². The maximum atomic E-state index is 14.2. The van der Waals surface area contributed by atoms with Crippen LogP contribution in [-0.2, 0) is 4.74 Å². The van der Waals surface area contributed by atoms with Gasteiger partial charge in [-0.1, -0.05) is 0 Å². The molecule has 0 bridgehead atoms. The molecule has 0 radical (unpaired) electrons. The Morgan fingerprint density at radius 3 is 2.90 bits per heavy atom. The minimum absolute atomic E-state index is 0.174. The predicted molar refractivity (Wildman–Crippen MR) is 66.3 cm³/mol. The lowest BCUT2D eigenvalue weighted by Gasteiger charge is -2.24. The molecule has 3 unspecified atom stereocenters. The summed E-state index contributed by atoms with van der Waals surface area (Å²) in [5.41, 5.74) is 4.92. The minimum Gasteiger partial charge on any atom is -0.393 e. The van der Waals surface area contributed by atoms with Crippen LogP contribution in [0.4, 0.5) is 10.2 Å². The maximum Gasteiger partial charge on any atom is 0.174 e. The highest BCUT2D eigenvalue weighted by molar-refractivity contribution is 5.81. The van der Waals surface area contributed by atoms with Gasteiger partial charge in [0.25, 0.3) is 0 Å². The molecule has 8 nitrogen and oxygen atoms in total. The molecule has 108 valence electrons. The summed E-state index contributed by atoms with van der Waals surface area (Å²) in [6, 6.07) is 0. The molecule has 1 saturated heterocycles. The SMILES string of the molecule is C[C@]1(CO)OC(n2cnc3c(N)ncnc32)C(F)C1O. The Hall–Kier alpha value is -1.84. The molecule has 0 aromatic carbocycles. The minimum atomic E-state index is -1.72. The number of halogens is 1. The van der Waals surface area contributed by atoms with Crippen molar-refractivity contribution in [3.63, 3.8) is 0 Å². The van der Waals surface area contributed by atoms with E-state index in [4.69, 9.17) is 10.5 Å². The molecule has 1 aliphatic rings. The molecular weight excluding hydrogens is 269 g/mol. The van der Waals surface area contributed by atoms with Crippen molar-refractivity contribution in [2.24, 2.45) is 0 Å². The van der Waals surface area contributed by atoms with Crippen LogP contribution >= 0.6 is 0 Å². The van der Waals surface area contributed by atoms with Crippen molar-refractivity contribution in [2.75, 3.05) is 12.3 Å². The first-order valence-corrected chi connectivity index (χ1v) is 6.02. The standard InChI is InChI=1S/C11H14FN5O3/c1-11(2-18)7(19)5(12)10(20-11)17-4-16-6-8(13)14-3-15-9(6)17/h3-5,7,10,18-19H,2H2,1H3,(H2,13,14,15)/t5?,7?,10?,11-/m1/s1. The number of hydrogen-bond acceptors (Lipinski definition) is 7. The maximum absolute atomic E-state index is 14.2. The van der Waals surface area contributed by atoms with Gasteiger partial charge in [-0.25, -0.2) is 19.3 Å². The molecular formula is C11H14FN5O3. The van der Waals surface area contributed by atoms with Crippen LogP contribution in [0.15, 0.2) is 12.7 Å². The van der Waals surface area contributed by atoms with Crippen molar-refractivity contribution in [2.45, 2.75) is 31.0 Å². The van der Waals surface area contributed by atoms with Gasteiger partial charge in [-0.05, 0) is 6.92 Å². The van der Waals surface area contributed by atoms with Crippen LogP contribution in [0.2, 0.25) is 0 Å². The van der Waals surface area contributed by atoms with Crippen LogP contribution in [0.1, 0.15) is 13.2 Å². The van der Waals surface area contributed by atoms with Gasteiger partial charge >= 0.3 is 0 Å². The zero-order chi connectivity index (χ0) is 14.5. The number of anilines is 1. The summed E-state index contributed by atoms with van der Waals surface area (Å²) in [6.45, 7) is 0.932. The third-order valence-electron chi connectivity index (χ3n) is 3.56. The van der Waals surface area contributed by atoms with E-state index in [1.54, 1.807) is 0 Å². The average Bonchev–Trinajstić information content (AvgIpc) is 2.96. The number of aliphatic hydroxyl groups is 2. The number of hydrogen-bond donors (Lipinski definition) is 3. The van der Waals surface area contributed by atoms with Crippen molar-refractivity contribution < 1.29 is 19.3 Å². The van der Waals surface area contributed by atoms with Gasteiger partial charge in [0.15, 0.2) is 23.9 Å². The molecule has 0 spiro atoms. The van der Waals surface area contributed by atoms with E-state index >= 15 is 0 Å². The largest absolute Gasteiger partial charge is 0.393 e. The second kappa shape index (κ2) is 4.33. The summed E-state index contributed by atoms with van der Waals surface area (Å²) in [5.74, 6) is 0.174. The Labute approximate surface area is 113 Å². The molecule has 1 aliphatic heterocycles. The van der Waals surface area contributed by atoms with Crippen molar-refractivity contribution in [3.8, 4) is 0 Å². The average molecular weight is 283 g/mol. The van der Waals surface area contributed by atoms with Crippen molar-refractivity contribution in [3.05, 3.63) is 12.7 Å². The van der Waals surface area contributed by atoms with E-state index in [-0.39, 0.29) is 5.82 Å². The fraction of sp³-hybridized carbons (Fsp3) is 0.545. The van der Waals surface area contributed by atoms with E-state index < -0.39 is 30.7 Å². The zero-order valence-corrected chi connectivity index (χ0v) is 10.6. The van der Waals surface area contributed by atoms with Gasteiger partial charge in [-0.3, -0.25) is 4.57 Å². The van der Waals surface area contributed by atoms with Gasteiger partial charge in [0, 0.05) is 0 Å². The first-order valence-electron chi connectivity index (χ1n) is 6.02. The third-order valence-corrected chi connectivity index (χ3v) is 3.56. The lowest BCUT2D eigenvalue weighted by Crippen LogP contribution is -2.42. The fourth-order valence-corrected chi connectivity index (χ4v) is 2.30. The Morgan fingerprint density at radius 2 is 2.25 bits per heavy atom. The van der Waals surface area contributed by atoms with E-state index in [1.165, 1.54) is 24.1 Å². The number of nitrogens with zero attached hydrogens (tertiary/aromatic N) is 4. The van der Waals surface area contributed by atoms with Crippen LogP contribution < -0.4 is 5.73 Å². The Kier molecular flexibility index (Phi) is 2.85. The summed E-state index contributed by atoms with van der Waals surface area (Å²) in [4.78, 5) is 11.8. The molecule has 3 heterocycles. The fourth-order valence-electron chi connectivity index (χ4n) is 2.30. The summed E-state index contributed by atoms with van der Waals surface area (Å²) in [5, 5.41) is 19.1. The molecule has 4 atom stereocenters.